The number of thioether (sulfide) groups is 1. The molecule has 0 radical (unpaired) electrons. The zero-order chi connectivity index (χ0) is 28.5. The van der Waals surface area contributed by atoms with E-state index < -0.39 is 5.92 Å². The fraction of sp³-hybridized carbons (Fsp3) is 0.194. The summed E-state index contributed by atoms with van der Waals surface area (Å²) in [6.07, 6.45) is 0. The second-order valence-electron chi connectivity index (χ2n) is 8.81. The van der Waals surface area contributed by atoms with Crippen molar-refractivity contribution in [1.82, 2.24) is 5.32 Å². The van der Waals surface area contributed by atoms with E-state index in [-0.39, 0.29) is 17.6 Å². The number of para-hydroxylation sites is 2. The number of nitriles is 1. The number of allylic oxidation sites excluding steroid dienone is 2. The first kappa shape index (κ1) is 28.3. The lowest BCUT2D eigenvalue weighted by atomic mass is 9.82. The summed E-state index contributed by atoms with van der Waals surface area (Å²) in [4.78, 5) is 26.4. The number of carbonyl (C=O) groups excluding carboxylic acids is 2. The van der Waals surface area contributed by atoms with E-state index in [0.717, 1.165) is 11.3 Å². The SMILES string of the molecule is CCOc1ccc(NC(=O)CSC2=C(C#N)[C@@H](c3ccccc3)C(C(=O)Nc3ccccc3OC)=C(C)N2)cc1. The molecule has 1 aliphatic rings. The Morgan fingerprint density at radius 3 is 2.38 bits per heavy atom. The van der Waals surface area contributed by atoms with Gasteiger partial charge in [0.2, 0.25) is 5.91 Å². The molecule has 1 aliphatic heterocycles. The summed E-state index contributed by atoms with van der Waals surface area (Å²) in [5.74, 6) is 0.119. The first-order valence-electron chi connectivity index (χ1n) is 12.7. The van der Waals surface area contributed by atoms with Crippen LogP contribution in [0.15, 0.2) is 101 Å². The van der Waals surface area contributed by atoms with Gasteiger partial charge in [0.25, 0.3) is 5.91 Å². The summed E-state index contributed by atoms with van der Waals surface area (Å²) in [7, 11) is 1.54. The van der Waals surface area contributed by atoms with Crippen molar-refractivity contribution in [1.29, 1.82) is 5.26 Å². The topological polar surface area (TPSA) is 112 Å². The number of carbonyl (C=O) groups is 2. The Kier molecular flexibility index (Phi) is 9.49. The average Bonchev–Trinajstić information content (AvgIpc) is 2.97. The molecule has 4 rings (SSSR count). The molecule has 0 bridgehead atoms. The molecule has 204 valence electrons. The smallest absolute Gasteiger partial charge is 0.254 e. The minimum atomic E-state index is -0.626. The zero-order valence-electron chi connectivity index (χ0n) is 22.5. The number of methoxy groups -OCH3 is 1. The van der Waals surface area contributed by atoms with Gasteiger partial charge in [-0.15, -0.1) is 0 Å². The minimum absolute atomic E-state index is 0.0677. The highest BCUT2D eigenvalue weighted by molar-refractivity contribution is 8.03. The van der Waals surface area contributed by atoms with Crippen LogP contribution in [0.3, 0.4) is 0 Å². The van der Waals surface area contributed by atoms with Crippen molar-refractivity contribution in [2.75, 3.05) is 30.1 Å². The Bertz CT molecular complexity index is 1480. The molecule has 3 aromatic carbocycles. The molecule has 0 saturated carbocycles. The van der Waals surface area contributed by atoms with E-state index in [1.807, 2.05) is 43.3 Å². The predicted molar refractivity (Wildman–Crippen MR) is 158 cm³/mol. The molecule has 1 heterocycles. The third-order valence-electron chi connectivity index (χ3n) is 6.18. The Labute approximate surface area is 238 Å². The van der Waals surface area contributed by atoms with Crippen LogP contribution in [0.2, 0.25) is 0 Å². The van der Waals surface area contributed by atoms with Gasteiger partial charge in [0.05, 0.1) is 47.7 Å². The summed E-state index contributed by atoms with van der Waals surface area (Å²) < 4.78 is 10.8. The predicted octanol–water partition coefficient (Wildman–Crippen LogP) is 5.80. The largest absolute Gasteiger partial charge is 0.495 e. The van der Waals surface area contributed by atoms with Crippen molar-refractivity contribution in [2.45, 2.75) is 19.8 Å². The second-order valence-corrected chi connectivity index (χ2v) is 9.80. The molecule has 0 aromatic heterocycles. The number of hydrogen-bond acceptors (Lipinski definition) is 7. The van der Waals surface area contributed by atoms with Gasteiger partial charge in [0.15, 0.2) is 0 Å². The summed E-state index contributed by atoms with van der Waals surface area (Å²) in [6.45, 7) is 4.26. The normalized spacial score (nSPS) is 14.6. The van der Waals surface area contributed by atoms with Gasteiger partial charge in [-0.25, -0.2) is 0 Å². The third kappa shape index (κ3) is 6.65. The van der Waals surface area contributed by atoms with Crippen LogP contribution in [0.5, 0.6) is 11.5 Å². The quantitative estimate of drug-likeness (QED) is 0.290. The zero-order valence-corrected chi connectivity index (χ0v) is 23.3. The number of nitrogens with zero attached hydrogens (tertiary/aromatic N) is 1. The third-order valence-corrected chi connectivity index (χ3v) is 7.19. The van der Waals surface area contributed by atoms with E-state index in [1.165, 1.54) is 18.9 Å². The number of anilines is 2. The minimum Gasteiger partial charge on any atom is -0.495 e. The summed E-state index contributed by atoms with van der Waals surface area (Å²) in [5.41, 5.74) is 3.33. The van der Waals surface area contributed by atoms with Crippen LogP contribution in [0.1, 0.15) is 25.3 Å². The first-order valence-corrected chi connectivity index (χ1v) is 13.7. The number of nitrogens with one attached hydrogen (secondary N) is 3. The summed E-state index contributed by atoms with van der Waals surface area (Å²) in [6, 6.07) is 26.0. The van der Waals surface area contributed by atoms with E-state index in [1.54, 1.807) is 49.4 Å². The highest BCUT2D eigenvalue weighted by Crippen LogP contribution is 2.41. The second kappa shape index (κ2) is 13.4. The lowest BCUT2D eigenvalue weighted by molar-refractivity contribution is -0.114. The molecule has 3 aromatic rings. The summed E-state index contributed by atoms with van der Waals surface area (Å²) >= 11 is 1.22. The lowest BCUT2D eigenvalue weighted by Gasteiger charge is -2.30. The molecule has 8 nitrogen and oxygen atoms in total. The van der Waals surface area contributed by atoms with Crippen LogP contribution >= 0.6 is 11.8 Å². The maximum absolute atomic E-state index is 13.7. The fourth-order valence-corrected chi connectivity index (χ4v) is 5.27. The molecule has 0 unspecified atom stereocenters. The van der Waals surface area contributed by atoms with Crippen molar-refractivity contribution in [2.24, 2.45) is 0 Å². The monoisotopic (exact) mass is 554 g/mol. The van der Waals surface area contributed by atoms with E-state index in [4.69, 9.17) is 9.47 Å². The fourth-order valence-electron chi connectivity index (χ4n) is 4.38. The lowest BCUT2D eigenvalue weighted by Crippen LogP contribution is -2.31. The van der Waals surface area contributed by atoms with Crippen molar-refractivity contribution < 1.29 is 19.1 Å². The van der Waals surface area contributed by atoms with Crippen LogP contribution in [-0.2, 0) is 9.59 Å². The van der Waals surface area contributed by atoms with Gasteiger partial charge in [0, 0.05) is 17.0 Å². The molecule has 3 N–H and O–H groups in total. The van der Waals surface area contributed by atoms with Gasteiger partial charge in [0.1, 0.15) is 11.5 Å². The van der Waals surface area contributed by atoms with E-state index >= 15 is 0 Å². The number of rotatable bonds is 10. The molecule has 0 aliphatic carbocycles. The number of dihydropyridines is 1. The molecular formula is C31H30N4O4S. The maximum Gasteiger partial charge on any atom is 0.254 e. The standard InChI is InChI=1S/C31H30N4O4S/c1-4-39-23-16-14-22(15-17-23)34-27(36)19-40-31-24(18-32)29(21-10-6-5-7-11-21)28(20(2)33-31)30(37)35-25-12-8-9-13-26(25)38-3/h5-17,29,33H,4,19H2,1-3H3,(H,34,36)(H,35,37)/t29-/m1/s1. The van der Waals surface area contributed by atoms with Gasteiger partial charge in [-0.05, 0) is 55.8 Å². The highest BCUT2D eigenvalue weighted by atomic mass is 32.2. The van der Waals surface area contributed by atoms with Gasteiger partial charge < -0.3 is 25.4 Å². The maximum atomic E-state index is 13.7. The molecular weight excluding hydrogens is 524 g/mol. The van der Waals surface area contributed by atoms with Crippen LogP contribution in [0, 0.1) is 11.3 Å². The van der Waals surface area contributed by atoms with Crippen LogP contribution in [0.25, 0.3) is 0 Å². The van der Waals surface area contributed by atoms with E-state index in [2.05, 4.69) is 22.0 Å². The van der Waals surface area contributed by atoms with Crippen LogP contribution < -0.4 is 25.4 Å². The Morgan fingerprint density at radius 1 is 1.00 bits per heavy atom. The average molecular weight is 555 g/mol. The number of amides is 2. The summed E-state index contributed by atoms with van der Waals surface area (Å²) in [5, 5.41) is 19.8. The molecule has 0 saturated heterocycles. The van der Waals surface area contributed by atoms with E-state index in [9.17, 15) is 14.9 Å². The molecule has 0 spiro atoms. The Balaban J connectivity index is 1.57. The molecule has 0 fully saturated rings. The van der Waals surface area contributed by atoms with Gasteiger partial charge in [-0.1, -0.05) is 54.2 Å². The number of ether oxygens (including phenoxy) is 2. The van der Waals surface area contributed by atoms with E-state index in [0.29, 0.717) is 45.6 Å². The van der Waals surface area contributed by atoms with Gasteiger partial charge >= 0.3 is 0 Å². The molecule has 9 heteroatoms. The van der Waals surface area contributed by atoms with Crippen molar-refractivity contribution in [3.05, 3.63) is 106 Å². The van der Waals surface area contributed by atoms with Crippen LogP contribution in [-0.4, -0.2) is 31.3 Å². The van der Waals surface area contributed by atoms with Crippen LogP contribution in [0.4, 0.5) is 11.4 Å². The van der Waals surface area contributed by atoms with Crippen molar-refractivity contribution in [3.8, 4) is 17.6 Å². The Hall–Kier alpha value is -4.68. The van der Waals surface area contributed by atoms with Gasteiger partial charge in [-0.3, -0.25) is 9.59 Å². The molecule has 2 amide bonds. The molecule has 1 atom stereocenters. The highest BCUT2D eigenvalue weighted by Gasteiger charge is 2.35. The van der Waals surface area contributed by atoms with Gasteiger partial charge in [-0.2, -0.15) is 5.26 Å². The first-order chi connectivity index (χ1) is 19.4. The van der Waals surface area contributed by atoms with Crippen molar-refractivity contribution in [3.63, 3.8) is 0 Å². The Morgan fingerprint density at radius 2 is 1.70 bits per heavy atom. The number of benzene rings is 3. The number of hydrogen-bond donors (Lipinski definition) is 3. The molecule has 40 heavy (non-hydrogen) atoms. The van der Waals surface area contributed by atoms with Crippen molar-refractivity contribution >= 4 is 35.0 Å².